The number of ether oxygens (including phenoxy) is 2. The zero-order valence-corrected chi connectivity index (χ0v) is 12.4. The number of rotatable bonds is 5. The van der Waals surface area contributed by atoms with Crippen molar-refractivity contribution in [1.29, 1.82) is 0 Å². The van der Waals surface area contributed by atoms with E-state index in [0.29, 0.717) is 12.4 Å². The van der Waals surface area contributed by atoms with Crippen molar-refractivity contribution in [2.75, 3.05) is 13.2 Å². The van der Waals surface area contributed by atoms with Gasteiger partial charge in [0.05, 0.1) is 6.61 Å². The van der Waals surface area contributed by atoms with E-state index in [4.69, 9.17) is 29.8 Å². The molecule has 19 heavy (non-hydrogen) atoms. The van der Waals surface area contributed by atoms with E-state index in [2.05, 4.69) is 0 Å². The van der Waals surface area contributed by atoms with Gasteiger partial charge in [-0.05, 0) is 26.0 Å². The summed E-state index contributed by atoms with van der Waals surface area (Å²) in [6, 6.07) is 8.78. The zero-order valence-electron chi connectivity index (χ0n) is 10.8. The Morgan fingerprint density at radius 1 is 1.42 bits per heavy atom. The van der Waals surface area contributed by atoms with Crippen LogP contribution in [0.1, 0.15) is 13.8 Å². The molecule has 0 spiro atoms. The lowest BCUT2D eigenvalue weighted by Gasteiger charge is -2.17. The number of benzene rings is 1. The van der Waals surface area contributed by atoms with Crippen molar-refractivity contribution in [3.8, 4) is 5.75 Å². The molecule has 5 nitrogen and oxygen atoms in total. The highest BCUT2D eigenvalue weighted by molar-refractivity contribution is 7.87. The Morgan fingerprint density at radius 2 is 2.11 bits per heavy atom. The van der Waals surface area contributed by atoms with Gasteiger partial charge in [-0.15, -0.1) is 0 Å². The molecule has 0 amide bonds. The smallest absolute Gasteiger partial charge is 0.348 e. The first kappa shape index (κ1) is 15.0. The van der Waals surface area contributed by atoms with Crippen LogP contribution in [0.4, 0.5) is 0 Å². The molecule has 2 unspecified atom stereocenters. The topological polar surface area (TPSA) is 57.2 Å². The number of para-hydroxylation sites is 1. The molecule has 0 saturated carbocycles. The number of hydrogen-bond acceptors (Lipinski definition) is 5. The minimum Gasteiger partial charge on any atom is -0.348 e. The van der Waals surface area contributed by atoms with Gasteiger partial charge in [0.15, 0.2) is 11.5 Å². The molecule has 1 saturated heterocycles. The molecular formula is C12H17ClO5P+. The van der Waals surface area contributed by atoms with Gasteiger partial charge in [-0.1, -0.05) is 18.2 Å². The lowest BCUT2D eigenvalue weighted by molar-refractivity contribution is -0.141. The quantitative estimate of drug-likeness (QED) is 0.847. The first-order valence-electron chi connectivity index (χ1n) is 5.89. The molecule has 1 aromatic carbocycles. The molecule has 1 heterocycles. The van der Waals surface area contributed by atoms with E-state index in [9.17, 15) is 4.89 Å². The maximum absolute atomic E-state index is 9.89. The Kier molecular flexibility index (Phi) is 4.66. The predicted molar refractivity (Wildman–Crippen MR) is 72.9 cm³/mol. The van der Waals surface area contributed by atoms with Crippen LogP contribution in [-0.2, 0) is 14.0 Å². The predicted octanol–water partition coefficient (Wildman–Crippen LogP) is 3.14. The van der Waals surface area contributed by atoms with Gasteiger partial charge < -0.3 is 9.47 Å². The summed E-state index contributed by atoms with van der Waals surface area (Å²) in [6.45, 7) is 4.14. The summed E-state index contributed by atoms with van der Waals surface area (Å²) in [7, 11) is -3.42. The molecule has 7 heteroatoms. The van der Waals surface area contributed by atoms with E-state index < -0.39 is 13.1 Å². The summed E-state index contributed by atoms with van der Waals surface area (Å²) < 4.78 is 21.4. The average molecular weight is 308 g/mol. The highest BCUT2D eigenvalue weighted by Crippen LogP contribution is 2.61. The summed E-state index contributed by atoms with van der Waals surface area (Å²) in [5.41, 5.74) is 0. The molecule has 0 aromatic heterocycles. The van der Waals surface area contributed by atoms with Gasteiger partial charge in [0.1, 0.15) is 12.7 Å². The summed E-state index contributed by atoms with van der Waals surface area (Å²) >= 11 is 5.85. The van der Waals surface area contributed by atoms with E-state index in [1.807, 2.05) is 19.9 Å². The third kappa shape index (κ3) is 4.88. The van der Waals surface area contributed by atoms with Crippen molar-refractivity contribution >= 4 is 18.5 Å². The molecule has 1 aliphatic heterocycles. The largest absolute Gasteiger partial charge is 0.566 e. The van der Waals surface area contributed by atoms with Crippen molar-refractivity contribution in [3.05, 3.63) is 30.3 Å². The van der Waals surface area contributed by atoms with Crippen molar-refractivity contribution in [2.24, 2.45) is 0 Å². The molecular weight excluding hydrogens is 291 g/mol. The Labute approximate surface area is 117 Å². The first-order chi connectivity index (χ1) is 8.86. The van der Waals surface area contributed by atoms with Crippen LogP contribution in [0.15, 0.2) is 30.3 Å². The van der Waals surface area contributed by atoms with E-state index in [1.54, 1.807) is 24.3 Å². The molecule has 0 radical (unpaired) electrons. The normalized spacial score (nSPS) is 24.9. The highest BCUT2D eigenvalue weighted by atomic mass is 35.7. The second-order valence-electron chi connectivity index (χ2n) is 4.60. The van der Waals surface area contributed by atoms with Crippen LogP contribution in [0, 0.1) is 0 Å². The summed E-state index contributed by atoms with van der Waals surface area (Å²) in [5, 5.41) is 0. The number of hydrogen-bond donors (Lipinski definition) is 1. The summed E-state index contributed by atoms with van der Waals surface area (Å²) in [5.74, 6) is -0.172. The Balaban J connectivity index is 1.81. The van der Waals surface area contributed by atoms with E-state index in [1.165, 1.54) is 0 Å². The second-order valence-corrected chi connectivity index (χ2v) is 7.23. The number of halogens is 1. The molecule has 1 fully saturated rings. The van der Waals surface area contributed by atoms with Gasteiger partial charge in [0.25, 0.3) is 0 Å². The van der Waals surface area contributed by atoms with Gasteiger partial charge in [0, 0.05) is 0 Å². The van der Waals surface area contributed by atoms with Crippen LogP contribution in [0.3, 0.4) is 0 Å². The lowest BCUT2D eigenvalue weighted by atomic mass is 10.3. The zero-order chi connectivity index (χ0) is 13.9. The third-order valence-electron chi connectivity index (χ3n) is 2.45. The molecule has 1 aromatic rings. The molecule has 106 valence electrons. The highest BCUT2D eigenvalue weighted by Gasteiger charge is 2.44. The minimum atomic E-state index is -3.42. The van der Waals surface area contributed by atoms with Gasteiger partial charge in [0.2, 0.25) is 11.2 Å². The molecule has 2 rings (SSSR count). The third-order valence-corrected chi connectivity index (χ3v) is 3.85. The fraction of sp³-hybridized carbons (Fsp3) is 0.500. The van der Waals surface area contributed by atoms with Crippen molar-refractivity contribution < 1.29 is 23.4 Å². The molecule has 2 atom stereocenters. The standard InChI is InChI=1S/C12H17ClO5P/c1-12(2)15-8-11(17-12)9-16-19(13,14)18-10-6-4-3-5-7-10/h3-7,11,14H,8-9H2,1-2H3/q+1. The van der Waals surface area contributed by atoms with Gasteiger partial charge in [-0.3, -0.25) is 4.52 Å². The lowest BCUT2D eigenvalue weighted by Crippen LogP contribution is -2.24. The van der Waals surface area contributed by atoms with E-state index in [-0.39, 0.29) is 12.7 Å². The minimum absolute atomic E-state index is 0.115. The van der Waals surface area contributed by atoms with Crippen molar-refractivity contribution in [1.82, 2.24) is 0 Å². The maximum atomic E-state index is 9.89. The average Bonchev–Trinajstić information content (AvgIpc) is 2.67. The second kappa shape index (κ2) is 5.92. The SMILES string of the molecule is CC1(C)OCC(CO[P+](O)(Cl)Oc2ccccc2)O1. The van der Waals surface area contributed by atoms with Crippen LogP contribution in [-0.4, -0.2) is 30.0 Å². The first-order valence-corrected chi connectivity index (χ1v) is 8.37. The Morgan fingerprint density at radius 3 is 2.68 bits per heavy atom. The van der Waals surface area contributed by atoms with Crippen LogP contribution in [0.2, 0.25) is 0 Å². The van der Waals surface area contributed by atoms with Gasteiger partial charge in [-0.2, -0.15) is 9.42 Å². The van der Waals surface area contributed by atoms with Crippen LogP contribution >= 0.6 is 18.5 Å². The van der Waals surface area contributed by atoms with E-state index >= 15 is 0 Å². The summed E-state index contributed by atoms with van der Waals surface area (Å²) in [6.07, 6.45) is -0.264. The Bertz CT molecular complexity index is 412. The molecule has 0 aliphatic carbocycles. The van der Waals surface area contributed by atoms with Crippen LogP contribution < -0.4 is 4.52 Å². The maximum Gasteiger partial charge on any atom is 0.566 e. The fourth-order valence-electron chi connectivity index (χ4n) is 1.66. The van der Waals surface area contributed by atoms with Gasteiger partial charge >= 0.3 is 7.30 Å². The van der Waals surface area contributed by atoms with Crippen LogP contribution in [0.25, 0.3) is 0 Å². The van der Waals surface area contributed by atoms with Crippen molar-refractivity contribution in [2.45, 2.75) is 25.7 Å². The van der Waals surface area contributed by atoms with E-state index in [0.717, 1.165) is 0 Å². The fourth-order valence-corrected chi connectivity index (χ4v) is 2.85. The molecule has 1 N–H and O–H groups in total. The monoisotopic (exact) mass is 307 g/mol. The molecule has 0 bridgehead atoms. The van der Waals surface area contributed by atoms with Gasteiger partial charge in [-0.25, -0.2) is 0 Å². The Hall–Kier alpha value is -0.420. The summed E-state index contributed by atoms with van der Waals surface area (Å²) in [4.78, 5) is 9.89. The molecule has 1 aliphatic rings. The van der Waals surface area contributed by atoms with Crippen LogP contribution in [0.5, 0.6) is 5.75 Å². The van der Waals surface area contributed by atoms with Crippen molar-refractivity contribution in [3.63, 3.8) is 0 Å².